The molecule has 2 nitrogen and oxygen atoms in total. The highest BCUT2D eigenvalue weighted by Crippen LogP contribution is 2.34. The molecule has 0 fully saturated rings. The molecule has 94 valence electrons. The van der Waals surface area contributed by atoms with Crippen molar-refractivity contribution in [3.63, 3.8) is 0 Å². The maximum Gasteiger partial charge on any atom is 0.126 e. The molecule has 0 amide bonds. The molecule has 0 aliphatic carbocycles. The topological polar surface area (TPSA) is 21.3 Å². The minimum atomic E-state index is 0.311. The summed E-state index contributed by atoms with van der Waals surface area (Å²) in [6.07, 6.45) is 0. The molecule has 0 saturated carbocycles. The van der Waals surface area contributed by atoms with E-state index in [1.807, 2.05) is 25.2 Å². The van der Waals surface area contributed by atoms with Crippen LogP contribution in [0.1, 0.15) is 18.5 Å². The predicted octanol–water partition coefficient (Wildman–Crippen LogP) is 3.64. The molecule has 0 spiro atoms. The molecule has 0 radical (unpaired) electrons. The smallest absolute Gasteiger partial charge is 0.126 e. The third kappa shape index (κ3) is 2.39. The summed E-state index contributed by atoms with van der Waals surface area (Å²) >= 11 is 0. The Balaban J connectivity index is 2.57. The molecule has 1 atom stereocenters. The second-order valence-electron chi connectivity index (χ2n) is 4.30. The molecule has 2 aromatic rings. The van der Waals surface area contributed by atoms with E-state index in [4.69, 9.17) is 4.74 Å². The lowest BCUT2D eigenvalue weighted by atomic mass is 9.95. The highest BCUT2D eigenvalue weighted by Gasteiger charge is 2.12. The van der Waals surface area contributed by atoms with Crippen molar-refractivity contribution in [3.8, 4) is 16.9 Å². The average molecular weight is 241 g/mol. The number of nitrogens with one attached hydrogen (secondary N) is 1. The molecule has 0 aliphatic heterocycles. The van der Waals surface area contributed by atoms with Gasteiger partial charge in [0, 0.05) is 11.6 Å². The lowest BCUT2D eigenvalue weighted by molar-refractivity contribution is 0.416. The van der Waals surface area contributed by atoms with Crippen LogP contribution >= 0.6 is 0 Å². The number of hydrogen-bond donors (Lipinski definition) is 1. The molecular formula is C16H19NO. The van der Waals surface area contributed by atoms with Crippen LogP contribution in [0.3, 0.4) is 0 Å². The van der Waals surface area contributed by atoms with Crippen LogP contribution in [0.2, 0.25) is 0 Å². The molecule has 1 unspecified atom stereocenters. The first-order chi connectivity index (χ1) is 8.77. The Kier molecular flexibility index (Phi) is 4.00. The maximum atomic E-state index is 5.45. The van der Waals surface area contributed by atoms with Crippen molar-refractivity contribution in [3.05, 3.63) is 54.1 Å². The van der Waals surface area contributed by atoms with Gasteiger partial charge in [0.15, 0.2) is 0 Å². The van der Waals surface area contributed by atoms with Gasteiger partial charge in [-0.3, -0.25) is 0 Å². The van der Waals surface area contributed by atoms with E-state index in [1.165, 1.54) is 11.1 Å². The molecule has 0 heterocycles. The Hall–Kier alpha value is -1.80. The summed E-state index contributed by atoms with van der Waals surface area (Å²) in [5.74, 6) is 0.910. The summed E-state index contributed by atoms with van der Waals surface area (Å²) in [6, 6.07) is 16.9. The predicted molar refractivity (Wildman–Crippen MR) is 75.9 cm³/mol. The quantitative estimate of drug-likeness (QED) is 0.882. The van der Waals surface area contributed by atoms with Crippen LogP contribution in [-0.4, -0.2) is 14.2 Å². The molecule has 2 rings (SSSR count). The van der Waals surface area contributed by atoms with E-state index >= 15 is 0 Å². The second-order valence-corrected chi connectivity index (χ2v) is 4.30. The zero-order valence-corrected chi connectivity index (χ0v) is 11.1. The van der Waals surface area contributed by atoms with Crippen LogP contribution in [0.25, 0.3) is 11.1 Å². The number of hydrogen-bond acceptors (Lipinski definition) is 2. The van der Waals surface area contributed by atoms with Gasteiger partial charge in [0.25, 0.3) is 0 Å². The Morgan fingerprint density at radius 1 is 0.944 bits per heavy atom. The van der Waals surface area contributed by atoms with E-state index in [2.05, 4.69) is 42.6 Å². The number of benzene rings is 2. The van der Waals surface area contributed by atoms with Gasteiger partial charge >= 0.3 is 0 Å². The molecular weight excluding hydrogens is 222 g/mol. The number of rotatable bonds is 4. The van der Waals surface area contributed by atoms with Crippen LogP contribution in [-0.2, 0) is 0 Å². The van der Waals surface area contributed by atoms with E-state index in [0.717, 1.165) is 11.3 Å². The fourth-order valence-corrected chi connectivity index (χ4v) is 2.14. The standard InChI is InChI=1S/C16H19NO/c1-12(17-2)13-8-4-5-9-14(13)15-10-6-7-11-16(15)18-3/h4-12,17H,1-3H3. The van der Waals surface area contributed by atoms with E-state index in [0.29, 0.717) is 6.04 Å². The van der Waals surface area contributed by atoms with Crippen molar-refractivity contribution in [1.82, 2.24) is 5.32 Å². The fraction of sp³-hybridized carbons (Fsp3) is 0.250. The summed E-state index contributed by atoms with van der Waals surface area (Å²) in [5.41, 5.74) is 3.64. The van der Waals surface area contributed by atoms with Crippen LogP contribution in [0.4, 0.5) is 0 Å². The Morgan fingerprint density at radius 3 is 2.22 bits per heavy atom. The monoisotopic (exact) mass is 241 g/mol. The van der Waals surface area contributed by atoms with Crippen molar-refractivity contribution in [1.29, 1.82) is 0 Å². The molecule has 2 aromatic carbocycles. The summed E-state index contributed by atoms with van der Waals surface area (Å²) in [5, 5.41) is 3.29. The fourth-order valence-electron chi connectivity index (χ4n) is 2.14. The van der Waals surface area contributed by atoms with E-state index in [-0.39, 0.29) is 0 Å². The molecule has 1 N–H and O–H groups in total. The minimum absolute atomic E-state index is 0.311. The first kappa shape index (κ1) is 12.7. The lowest BCUT2D eigenvalue weighted by Crippen LogP contribution is -2.13. The Morgan fingerprint density at radius 2 is 1.56 bits per heavy atom. The van der Waals surface area contributed by atoms with E-state index in [1.54, 1.807) is 7.11 Å². The van der Waals surface area contributed by atoms with Gasteiger partial charge in [-0.2, -0.15) is 0 Å². The molecule has 18 heavy (non-hydrogen) atoms. The largest absolute Gasteiger partial charge is 0.496 e. The first-order valence-corrected chi connectivity index (χ1v) is 6.17. The van der Waals surface area contributed by atoms with Gasteiger partial charge in [0.05, 0.1) is 7.11 Å². The average Bonchev–Trinajstić information content (AvgIpc) is 2.46. The van der Waals surface area contributed by atoms with Crippen LogP contribution in [0.15, 0.2) is 48.5 Å². The van der Waals surface area contributed by atoms with E-state index < -0.39 is 0 Å². The first-order valence-electron chi connectivity index (χ1n) is 6.17. The summed E-state index contributed by atoms with van der Waals surface area (Å²) < 4.78 is 5.45. The summed E-state index contributed by atoms with van der Waals surface area (Å²) in [6.45, 7) is 2.16. The van der Waals surface area contributed by atoms with Crippen molar-refractivity contribution in [2.45, 2.75) is 13.0 Å². The number of methoxy groups -OCH3 is 1. The Labute approximate surface area is 109 Å². The summed E-state index contributed by atoms with van der Waals surface area (Å²) in [7, 11) is 3.69. The summed E-state index contributed by atoms with van der Waals surface area (Å²) in [4.78, 5) is 0. The molecule has 0 saturated heterocycles. The van der Waals surface area contributed by atoms with Crippen molar-refractivity contribution >= 4 is 0 Å². The second kappa shape index (κ2) is 5.69. The Bertz CT molecular complexity index is 522. The SMILES string of the molecule is CNC(C)c1ccccc1-c1ccccc1OC. The maximum absolute atomic E-state index is 5.45. The van der Waals surface area contributed by atoms with Gasteiger partial charge in [-0.25, -0.2) is 0 Å². The lowest BCUT2D eigenvalue weighted by Gasteiger charge is -2.17. The van der Waals surface area contributed by atoms with Gasteiger partial charge < -0.3 is 10.1 Å². The number of ether oxygens (including phenoxy) is 1. The molecule has 0 bridgehead atoms. The van der Waals surface area contributed by atoms with Crippen LogP contribution in [0, 0.1) is 0 Å². The molecule has 0 aromatic heterocycles. The van der Waals surface area contributed by atoms with Gasteiger partial charge in [-0.15, -0.1) is 0 Å². The zero-order valence-electron chi connectivity index (χ0n) is 11.1. The van der Waals surface area contributed by atoms with Gasteiger partial charge in [-0.1, -0.05) is 42.5 Å². The third-order valence-corrected chi connectivity index (χ3v) is 3.26. The minimum Gasteiger partial charge on any atom is -0.496 e. The molecule has 0 aliphatic rings. The highest BCUT2D eigenvalue weighted by molar-refractivity contribution is 5.73. The van der Waals surface area contributed by atoms with Gasteiger partial charge in [-0.05, 0) is 31.2 Å². The third-order valence-electron chi connectivity index (χ3n) is 3.26. The van der Waals surface area contributed by atoms with Crippen LogP contribution in [0.5, 0.6) is 5.75 Å². The van der Waals surface area contributed by atoms with E-state index in [9.17, 15) is 0 Å². The number of para-hydroxylation sites is 1. The van der Waals surface area contributed by atoms with Gasteiger partial charge in [0.2, 0.25) is 0 Å². The van der Waals surface area contributed by atoms with Crippen molar-refractivity contribution in [2.75, 3.05) is 14.2 Å². The van der Waals surface area contributed by atoms with Crippen molar-refractivity contribution in [2.24, 2.45) is 0 Å². The highest BCUT2D eigenvalue weighted by atomic mass is 16.5. The normalized spacial score (nSPS) is 12.2. The zero-order chi connectivity index (χ0) is 13.0. The van der Waals surface area contributed by atoms with Gasteiger partial charge in [0.1, 0.15) is 5.75 Å². The van der Waals surface area contributed by atoms with Crippen LogP contribution < -0.4 is 10.1 Å². The van der Waals surface area contributed by atoms with Crippen molar-refractivity contribution < 1.29 is 4.74 Å². The molecule has 2 heteroatoms.